The number of rotatable bonds is 6. The van der Waals surface area contributed by atoms with Gasteiger partial charge in [-0.05, 0) is 37.8 Å². The number of allylic oxidation sites excluding steroid dienone is 4. The lowest BCUT2D eigenvalue weighted by atomic mass is 10.3. The normalized spacial score (nSPS) is 13.1. The zero-order chi connectivity index (χ0) is 23.8. The maximum absolute atomic E-state index is 9.29. The summed E-state index contributed by atoms with van der Waals surface area (Å²) in [6.45, 7) is 2.71. The second-order valence-electron chi connectivity index (χ2n) is 5.32. The Morgan fingerprint density at radius 3 is 1.33 bits per heavy atom. The number of thiol groups is 2. The number of aliphatic hydroxyl groups excluding tert-OH is 2. The van der Waals surface area contributed by atoms with Crippen molar-refractivity contribution in [3.05, 3.63) is 36.3 Å². The van der Waals surface area contributed by atoms with Crippen molar-refractivity contribution in [2.75, 3.05) is 24.7 Å². The molecule has 0 saturated carbocycles. The van der Waals surface area contributed by atoms with Crippen molar-refractivity contribution in [1.29, 1.82) is 0 Å². The van der Waals surface area contributed by atoms with Crippen LogP contribution in [0, 0.1) is 0 Å². The highest BCUT2D eigenvalue weighted by Crippen LogP contribution is 2.26. The zero-order valence-corrected chi connectivity index (χ0v) is 18.6. The Hall–Kier alpha value is -1.95. The van der Waals surface area contributed by atoms with Crippen molar-refractivity contribution in [2.45, 2.75) is 38.5 Å². The van der Waals surface area contributed by atoms with Gasteiger partial charge in [0.05, 0.1) is 36.2 Å². The summed E-state index contributed by atoms with van der Waals surface area (Å²) in [5.74, 6) is -0.497. The van der Waals surface area contributed by atoms with Gasteiger partial charge in [0.25, 0.3) is 0 Å². The van der Waals surface area contributed by atoms with E-state index < -0.39 is 17.9 Å². The molecule has 0 unspecified atom stereocenters. The molecule has 0 aromatic carbocycles. The molecule has 0 heterocycles. The lowest BCUT2D eigenvalue weighted by Crippen LogP contribution is -1.92. The fourth-order valence-corrected chi connectivity index (χ4v) is 1.64. The van der Waals surface area contributed by atoms with Crippen molar-refractivity contribution < 1.29 is 44.7 Å². The van der Waals surface area contributed by atoms with Gasteiger partial charge in [-0.1, -0.05) is 6.58 Å². The number of aliphatic hydroxyl groups is 2. The largest absolute Gasteiger partial charge is 0.481 e. The summed E-state index contributed by atoms with van der Waals surface area (Å²) in [4.78, 5) is 27.8. The van der Waals surface area contributed by atoms with Crippen LogP contribution >= 0.6 is 25.3 Å². The number of carboxylic acids is 3. The third-order valence-corrected chi connectivity index (χ3v) is 3.35. The standard InChI is InChI=1S/C10H14O.C3H4O2.2C2H4O2S.C2H6O2/c1-2-6-9(5-1)11-10-7-3-4-8-10;1-2-3(4)5;2*3-2(4)1-5;3-1-2-4/h5,7H,1-4,6,8H2;2H,1H2,(H,4,5);2*5H,1H2,(H,3,4);3-4H,1-2H2. The van der Waals surface area contributed by atoms with E-state index in [1.54, 1.807) is 0 Å². The number of aliphatic carboxylic acids is 3. The number of hydrogen-bond acceptors (Lipinski definition) is 8. The van der Waals surface area contributed by atoms with Crippen LogP contribution in [0.25, 0.3) is 0 Å². The molecule has 9 nitrogen and oxygen atoms in total. The molecule has 5 N–H and O–H groups in total. The topological polar surface area (TPSA) is 162 Å². The van der Waals surface area contributed by atoms with Crippen LogP contribution in [0.3, 0.4) is 0 Å². The van der Waals surface area contributed by atoms with Gasteiger partial charge < -0.3 is 30.3 Å². The molecule has 2 rings (SSSR count). The van der Waals surface area contributed by atoms with Gasteiger partial charge in [-0.2, -0.15) is 25.3 Å². The SMILES string of the molecule is C1=C(OC2=CCCC2)CCC1.C=CC(=O)O.O=C(O)CS.O=C(O)CS.OCCO. The van der Waals surface area contributed by atoms with Crippen LogP contribution in [0.1, 0.15) is 38.5 Å². The Morgan fingerprint density at radius 2 is 1.20 bits per heavy atom. The molecule has 0 aliphatic heterocycles. The van der Waals surface area contributed by atoms with Gasteiger partial charge >= 0.3 is 17.9 Å². The van der Waals surface area contributed by atoms with Crippen LogP contribution in [0.15, 0.2) is 36.3 Å². The third kappa shape index (κ3) is 30.8. The molecule has 0 radical (unpaired) electrons. The molecular formula is C19H32O9S2. The van der Waals surface area contributed by atoms with E-state index in [-0.39, 0.29) is 24.7 Å². The van der Waals surface area contributed by atoms with Crippen molar-refractivity contribution in [3.63, 3.8) is 0 Å². The van der Waals surface area contributed by atoms with E-state index in [1.165, 1.54) is 37.2 Å². The summed E-state index contributed by atoms with van der Waals surface area (Å²) in [7, 11) is 0. The first-order valence-corrected chi connectivity index (χ1v) is 10.2. The molecule has 0 saturated heterocycles. The zero-order valence-electron chi connectivity index (χ0n) is 16.8. The van der Waals surface area contributed by atoms with Crippen molar-refractivity contribution in [3.8, 4) is 0 Å². The van der Waals surface area contributed by atoms with E-state index in [4.69, 9.17) is 30.3 Å². The van der Waals surface area contributed by atoms with Gasteiger partial charge in [0.2, 0.25) is 0 Å². The Labute approximate surface area is 187 Å². The van der Waals surface area contributed by atoms with Crippen LogP contribution in [0.2, 0.25) is 0 Å². The minimum atomic E-state index is -0.981. The second-order valence-corrected chi connectivity index (χ2v) is 5.95. The first-order chi connectivity index (χ1) is 14.2. The van der Waals surface area contributed by atoms with Gasteiger partial charge in [-0.25, -0.2) is 4.79 Å². The van der Waals surface area contributed by atoms with Gasteiger partial charge in [0.1, 0.15) is 0 Å². The van der Waals surface area contributed by atoms with Crippen LogP contribution in [-0.4, -0.2) is 68.2 Å². The number of carboxylic acid groups (broad SMARTS) is 3. The maximum Gasteiger partial charge on any atom is 0.327 e. The van der Waals surface area contributed by atoms with Gasteiger partial charge in [-0.15, -0.1) is 0 Å². The molecule has 0 aromatic heterocycles. The Kier molecular flexibility index (Phi) is 27.4. The predicted octanol–water partition coefficient (Wildman–Crippen LogP) is 2.37. The van der Waals surface area contributed by atoms with Crippen LogP contribution in [-0.2, 0) is 19.1 Å². The fraction of sp³-hybridized carbons (Fsp3) is 0.526. The minimum Gasteiger partial charge on any atom is -0.481 e. The monoisotopic (exact) mass is 468 g/mol. The highest BCUT2D eigenvalue weighted by molar-refractivity contribution is 7.81. The smallest absolute Gasteiger partial charge is 0.327 e. The van der Waals surface area contributed by atoms with Crippen LogP contribution in [0.4, 0.5) is 0 Å². The van der Waals surface area contributed by atoms with Gasteiger partial charge in [0, 0.05) is 18.9 Å². The third-order valence-electron chi connectivity index (χ3n) is 2.81. The summed E-state index contributed by atoms with van der Waals surface area (Å²) in [6.07, 6.45) is 12.6. The molecule has 2 aliphatic rings. The Bertz CT molecular complexity index is 508. The van der Waals surface area contributed by atoms with Crippen molar-refractivity contribution in [2.24, 2.45) is 0 Å². The van der Waals surface area contributed by atoms with E-state index in [0.717, 1.165) is 18.9 Å². The first kappa shape index (κ1) is 32.7. The molecule has 174 valence electrons. The molecule has 0 fully saturated rings. The highest BCUT2D eigenvalue weighted by atomic mass is 32.1. The van der Waals surface area contributed by atoms with Gasteiger partial charge in [-0.3, -0.25) is 9.59 Å². The van der Waals surface area contributed by atoms with E-state index in [9.17, 15) is 14.4 Å². The lowest BCUT2D eigenvalue weighted by Gasteiger charge is -2.05. The number of ether oxygens (including phenoxy) is 1. The van der Waals surface area contributed by atoms with Gasteiger partial charge in [0.15, 0.2) is 0 Å². The molecule has 0 bridgehead atoms. The van der Waals surface area contributed by atoms with E-state index >= 15 is 0 Å². The van der Waals surface area contributed by atoms with Crippen molar-refractivity contribution >= 4 is 43.2 Å². The minimum absolute atomic E-state index is 0.0833. The molecule has 0 atom stereocenters. The summed E-state index contributed by atoms with van der Waals surface area (Å²) < 4.78 is 5.69. The average molecular weight is 469 g/mol. The first-order valence-electron chi connectivity index (χ1n) is 8.96. The van der Waals surface area contributed by atoms with Crippen LogP contribution in [0.5, 0.6) is 0 Å². The number of carbonyl (C=O) groups is 3. The van der Waals surface area contributed by atoms with Crippen LogP contribution < -0.4 is 0 Å². The summed E-state index contributed by atoms with van der Waals surface area (Å²) in [5.41, 5.74) is 0. The van der Waals surface area contributed by atoms with E-state index in [2.05, 4.69) is 44.0 Å². The van der Waals surface area contributed by atoms with E-state index in [0.29, 0.717) is 0 Å². The quantitative estimate of drug-likeness (QED) is 0.229. The molecule has 11 heteroatoms. The van der Waals surface area contributed by atoms with Crippen molar-refractivity contribution in [1.82, 2.24) is 0 Å². The fourth-order valence-electron chi connectivity index (χ4n) is 1.64. The molecule has 0 spiro atoms. The number of hydrogen-bond donors (Lipinski definition) is 7. The molecule has 30 heavy (non-hydrogen) atoms. The van der Waals surface area contributed by atoms with E-state index in [1.807, 2.05) is 0 Å². The molecule has 0 aromatic rings. The Balaban J connectivity index is -0.000000331. The molecular weight excluding hydrogens is 436 g/mol. The second kappa shape index (κ2) is 25.1. The Morgan fingerprint density at radius 1 is 0.900 bits per heavy atom. The average Bonchev–Trinajstić information content (AvgIpc) is 3.44. The summed E-state index contributed by atoms with van der Waals surface area (Å²) in [5, 5.41) is 38.1. The molecule has 2 aliphatic carbocycles. The maximum atomic E-state index is 9.29. The highest BCUT2D eigenvalue weighted by Gasteiger charge is 2.10. The summed E-state index contributed by atoms with van der Waals surface area (Å²) >= 11 is 6.83. The lowest BCUT2D eigenvalue weighted by molar-refractivity contribution is -0.134. The predicted molar refractivity (Wildman–Crippen MR) is 120 cm³/mol. The molecule has 0 amide bonds. The summed E-state index contributed by atoms with van der Waals surface area (Å²) in [6, 6.07) is 0.